The van der Waals surface area contributed by atoms with Gasteiger partial charge in [0, 0.05) is 24.0 Å². The molecule has 1 unspecified atom stereocenters. The molecule has 1 rings (SSSR count). The van der Waals surface area contributed by atoms with E-state index in [9.17, 15) is 0 Å². The number of hydrogen-bond donors (Lipinski definition) is 1. The lowest BCUT2D eigenvalue weighted by atomic mass is 10.2. The zero-order valence-corrected chi connectivity index (χ0v) is 11.5. The van der Waals surface area contributed by atoms with Crippen LogP contribution in [0.1, 0.15) is 38.1 Å². The van der Waals surface area contributed by atoms with E-state index in [0.717, 1.165) is 26.2 Å². The largest absolute Gasteiger partial charge is 0.308 e. The Balaban J connectivity index is 2.30. The van der Waals surface area contributed by atoms with Crippen LogP contribution in [0.15, 0.2) is 17.5 Å². The van der Waals surface area contributed by atoms with Gasteiger partial charge in [-0.15, -0.1) is 11.3 Å². The van der Waals surface area contributed by atoms with Crippen LogP contribution in [0.25, 0.3) is 0 Å². The van der Waals surface area contributed by atoms with Crippen molar-refractivity contribution in [2.45, 2.75) is 33.2 Å². The van der Waals surface area contributed by atoms with Crippen molar-refractivity contribution in [3.8, 4) is 0 Å². The summed E-state index contributed by atoms with van der Waals surface area (Å²) >= 11 is 1.85. The standard InChI is InChI=1S/C13H24N2S/c1-4-12(13-8-7-11-16-13)14-9-10-15(5-2)6-3/h7-8,11-12,14H,4-6,9-10H2,1-3H3. The van der Waals surface area contributed by atoms with Gasteiger partial charge in [-0.1, -0.05) is 26.8 Å². The summed E-state index contributed by atoms with van der Waals surface area (Å²) in [5.41, 5.74) is 0. The van der Waals surface area contributed by atoms with E-state index in [1.165, 1.54) is 11.3 Å². The van der Waals surface area contributed by atoms with E-state index < -0.39 is 0 Å². The number of likely N-dealkylation sites (N-methyl/N-ethyl adjacent to an activating group) is 1. The normalized spacial score (nSPS) is 13.2. The minimum Gasteiger partial charge on any atom is -0.308 e. The lowest BCUT2D eigenvalue weighted by Gasteiger charge is -2.21. The summed E-state index contributed by atoms with van der Waals surface area (Å²) < 4.78 is 0. The number of rotatable bonds is 8. The Kier molecular flexibility index (Phi) is 6.69. The van der Waals surface area contributed by atoms with E-state index in [0.29, 0.717) is 6.04 Å². The van der Waals surface area contributed by atoms with Crippen molar-refractivity contribution in [2.24, 2.45) is 0 Å². The minimum absolute atomic E-state index is 0.538. The fourth-order valence-corrected chi connectivity index (χ4v) is 2.76. The van der Waals surface area contributed by atoms with Crippen molar-refractivity contribution in [3.63, 3.8) is 0 Å². The fourth-order valence-electron chi connectivity index (χ4n) is 1.87. The molecule has 0 aliphatic carbocycles. The van der Waals surface area contributed by atoms with Crippen molar-refractivity contribution in [3.05, 3.63) is 22.4 Å². The highest BCUT2D eigenvalue weighted by Gasteiger charge is 2.09. The molecule has 1 aromatic rings. The van der Waals surface area contributed by atoms with Gasteiger partial charge in [-0.2, -0.15) is 0 Å². The monoisotopic (exact) mass is 240 g/mol. The third kappa shape index (κ3) is 4.24. The van der Waals surface area contributed by atoms with Crippen LogP contribution in [0.3, 0.4) is 0 Å². The molecule has 0 aliphatic rings. The van der Waals surface area contributed by atoms with Gasteiger partial charge >= 0.3 is 0 Å². The summed E-state index contributed by atoms with van der Waals surface area (Å²) in [6, 6.07) is 4.90. The predicted octanol–water partition coefficient (Wildman–Crippen LogP) is 3.13. The third-order valence-corrected chi connectivity index (χ3v) is 3.99. The SMILES string of the molecule is CCC(NCCN(CC)CC)c1cccs1. The maximum absolute atomic E-state index is 3.64. The summed E-state index contributed by atoms with van der Waals surface area (Å²) in [5, 5.41) is 5.80. The molecule has 1 atom stereocenters. The second kappa shape index (κ2) is 7.82. The number of nitrogens with zero attached hydrogens (tertiary/aromatic N) is 1. The van der Waals surface area contributed by atoms with Gasteiger partial charge in [0.05, 0.1) is 0 Å². The molecule has 0 saturated carbocycles. The van der Waals surface area contributed by atoms with Gasteiger partial charge in [-0.3, -0.25) is 0 Å². The van der Waals surface area contributed by atoms with Crippen LogP contribution in [0, 0.1) is 0 Å². The van der Waals surface area contributed by atoms with Gasteiger partial charge < -0.3 is 10.2 Å². The van der Waals surface area contributed by atoms with Crippen molar-refractivity contribution in [1.82, 2.24) is 10.2 Å². The molecule has 1 N–H and O–H groups in total. The van der Waals surface area contributed by atoms with Crippen LogP contribution >= 0.6 is 11.3 Å². The fraction of sp³-hybridized carbons (Fsp3) is 0.692. The third-order valence-electron chi connectivity index (χ3n) is 3.01. The average Bonchev–Trinajstić information content (AvgIpc) is 2.83. The summed E-state index contributed by atoms with van der Waals surface area (Å²) in [6.07, 6.45) is 1.17. The first-order valence-corrected chi connectivity index (χ1v) is 7.18. The van der Waals surface area contributed by atoms with Gasteiger partial charge in [-0.25, -0.2) is 0 Å². The quantitative estimate of drug-likeness (QED) is 0.751. The molecule has 0 radical (unpaired) electrons. The predicted molar refractivity (Wildman–Crippen MR) is 73.1 cm³/mol. The average molecular weight is 240 g/mol. The van der Waals surface area contributed by atoms with Crippen LogP contribution in [0.2, 0.25) is 0 Å². The zero-order chi connectivity index (χ0) is 11.8. The minimum atomic E-state index is 0.538. The van der Waals surface area contributed by atoms with Crippen molar-refractivity contribution < 1.29 is 0 Å². The molecule has 0 fully saturated rings. The van der Waals surface area contributed by atoms with Gasteiger partial charge in [0.1, 0.15) is 0 Å². The Morgan fingerprint density at radius 1 is 1.31 bits per heavy atom. The van der Waals surface area contributed by atoms with Gasteiger partial charge in [0.15, 0.2) is 0 Å². The van der Waals surface area contributed by atoms with Gasteiger partial charge in [0.25, 0.3) is 0 Å². The number of thiophene rings is 1. The molecular formula is C13H24N2S. The highest BCUT2D eigenvalue weighted by molar-refractivity contribution is 7.10. The molecule has 2 nitrogen and oxygen atoms in total. The smallest absolute Gasteiger partial charge is 0.0412 e. The van der Waals surface area contributed by atoms with Crippen LogP contribution < -0.4 is 5.32 Å². The lowest BCUT2D eigenvalue weighted by molar-refractivity contribution is 0.296. The molecule has 16 heavy (non-hydrogen) atoms. The van der Waals surface area contributed by atoms with E-state index in [4.69, 9.17) is 0 Å². The van der Waals surface area contributed by atoms with E-state index in [1.807, 2.05) is 11.3 Å². The first kappa shape index (κ1) is 13.7. The summed E-state index contributed by atoms with van der Waals surface area (Å²) in [5.74, 6) is 0. The Hall–Kier alpha value is -0.380. The molecule has 3 heteroatoms. The van der Waals surface area contributed by atoms with E-state index in [1.54, 1.807) is 0 Å². The van der Waals surface area contributed by atoms with Crippen LogP contribution in [-0.4, -0.2) is 31.1 Å². The van der Waals surface area contributed by atoms with Crippen molar-refractivity contribution in [2.75, 3.05) is 26.2 Å². The molecule has 1 aromatic heterocycles. The second-order valence-electron chi connectivity index (χ2n) is 3.96. The van der Waals surface area contributed by atoms with Crippen LogP contribution in [0.4, 0.5) is 0 Å². The Bertz CT molecular complexity index is 255. The molecule has 0 aliphatic heterocycles. The molecule has 0 bridgehead atoms. The van der Waals surface area contributed by atoms with Crippen molar-refractivity contribution in [1.29, 1.82) is 0 Å². The molecule has 0 amide bonds. The van der Waals surface area contributed by atoms with Crippen LogP contribution in [-0.2, 0) is 0 Å². The first-order valence-electron chi connectivity index (χ1n) is 6.30. The summed E-state index contributed by atoms with van der Waals surface area (Å²) in [6.45, 7) is 11.2. The highest BCUT2D eigenvalue weighted by Crippen LogP contribution is 2.21. The first-order chi connectivity index (χ1) is 7.81. The van der Waals surface area contributed by atoms with Gasteiger partial charge in [-0.05, 0) is 31.0 Å². The van der Waals surface area contributed by atoms with Gasteiger partial charge in [0.2, 0.25) is 0 Å². The molecule has 0 aromatic carbocycles. The maximum atomic E-state index is 3.64. The Labute approximate surface area is 104 Å². The summed E-state index contributed by atoms with van der Waals surface area (Å²) in [4.78, 5) is 3.91. The van der Waals surface area contributed by atoms with E-state index >= 15 is 0 Å². The highest BCUT2D eigenvalue weighted by atomic mass is 32.1. The zero-order valence-electron chi connectivity index (χ0n) is 10.7. The molecular weight excluding hydrogens is 216 g/mol. The topological polar surface area (TPSA) is 15.3 Å². The summed E-state index contributed by atoms with van der Waals surface area (Å²) in [7, 11) is 0. The Morgan fingerprint density at radius 3 is 2.56 bits per heavy atom. The molecule has 0 spiro atoms. The number of hydrogen-bond acceptors (Lipinski definition) is 3. The second-order valence-corrected chi connectivity index (χ2v) is 4.94. The molecule has 92 valence electrons. The molecule has 0 saturated heterocycles. The van der Waals surface area contributed by atoms with E-state index in [-0.39, 0.29) is 0 Å². The van der Waals surface area contributed by atoms with Crippen LogP contribution in [0.5, 0.6) is 0 Å². The number of nitrogens with one attached hydrogen (secondary N) is 1. The lowest BCUT2D eigenvalue weighted by Crippen LogP contribution is -2.33. The van der Waals surface area contributed by atoms with Crippen molar-refractivity contribution >= 4 is 11.3 Å². The Morgan fingerprint density at radius 2 is 2.06 bits per heavy atom. The molecule has 1 heterocycles. The maximum Gasteiger partial charge on any atom is 0.0412 e. The van der Waals surface area contributed by atoms with E-state index in [2.05, 4.69) is 48.5 Å².